The summed E-state index contributed by atoms with van der Waals surface area (Å²) < 4.78 is 93.3. The molecule has 0 aliphatic heterocycles. The van der Waals surface area contributed by atoms with Gasteiger partial charge in [0.25, 0.3) is 15.2 Å². The molecule has 0 saturated heterocycles. The molecular formula is C12H8F3N5O3S. The van der Waals surface area contributed by atoms with E-state index in [0.29, 0.717) is 10.7 Å². The monoisotopic (exact) mass is 362 g/mol. The van der Waals surface area contributed by atoms with E-state index in [4.69, 9.17) is 4.11 Å². The third-order valence-electron chi connectivity index (χ3n) is 2.80. The van der Waals surface area contributed by atoms with E-state index in [9.17, 15) is 21.6 Å². The van der Waals surface area contributed by atoms with Crippen molar-refractivity contribution < 1.29 is 30.4 Å². The fourth-order valence-electron chi connectivity index (χ4n) is 1.76. The first-order valence-electron chi connectivity index (χ1n) is 7.55. The highest BCUT2D eigenvalue weighted by molar-refractivity contribution is 7.92. The van der Waals surface area contributed by atoms with Crippen LogP contribution in [-0.2, 0) is 10.0 Å². The molecule has 0 saturated carbocycles. The first-order valence-corrected chi connectivity index (χ1v) is 7.53. The second kappa shape index (κ2) is 5.63. The van der Waals surface area contributed by atoms with Crippen LogP contribution in [0.25, 0.3) is 5.65 Å². The van der Waals surface area contributed by atoms with Crippen LogP contribution in [0.4, 0.5) is 18.9 Å². The maximum absolute atomic E-state index is 13.8. The van der Waals surface area contributed by atoms with Crippen LogP contribution in [0.2, 0.25) is 0 Å². The van der Waals surface area contributed by atoms with Gasteiger partial charge in [0.15, 0.2) is 11.5 Å². The Morgan fingerprint density at radius 3 is 2.62 bits per heavy atom. The molecule has 1 aromatic carbocycles. The summed E-state index contributed by atoms with van der Waals surface area (Å²) in [4.78, 5) is 6.78. The molecule has 8 nitrogen and oxygen atoms in total. The van der Waals surface area contributed by atoms with Crippen molar-refractivity contribution in [2.24, 2.45) is 0 Å². The summed E-state index contributed by atoms with van der Waals surface area (Å²) in [6.07, 6.45) is 0.547. The zero-order valence-electron chi connectivity index (χ0n) is 14.4. The van der Waals surface area contributed by atoms with Gasteiger partial charge in [0, 0.05) is 0 Å². The molecule has 2 aromatic heterocycles. The Balaban J connectivity index is 2.09. The molecule has 0 fully saturated rings. The predicted octanol–water partition coefficient (Wildman–Crippen LogP) is 1.35. The third kappa shape index (κ3) is 2.60. The normalized spacial score (nSPS) is 14.0. The first-order chi connectivity index (χ1) is 12.5. The minimum atomic E-state index is -4.76. The molecule has 12 heteroatoms. The number of aromatic nitrogens is 4. The molecule has 0 atom stereocenters. The Hall–Kier alpha value is -2.89. The molecule has 0 aliphatic carbocycles. The lowest BCUT2D eigenvalue weighted by Gasteiger charge is -2.06. The van der Waals surface area contributed by atoms with Gasteiger partial charge in [0.1, 0.15) is 17.3 Å². The number of nitrogens with one attached hydrogen (secondary N) is 1. The highest BCUT2D eigenvalue weighted by Crippen LogP contribution is 2.22. The van der Waals surface area contributed by atoms with Crippen molar-refractivity contribution in [2.45, 2.75) is 5.16 Å². The molecule has 0 spiro atoms. The highest BCUT2D eigenvalue weighted by atomic mass is 32.2. The molecule has 3 aromatic rings. The van der Waals surface area contributed by atoms with Gasteiger partial charge in [-0.05, 0) is 12.1 Å². The van der Waals surface area contributed by atoms with Crippen molar-refractivity contribution in [3.05, 3.63) is 41.8 Å². The van der Waals surface area contributed by atoms with Gasteiger partial charge in [-0.2, -0.15) is 17.9 Å². The SMILES string of the molecule is [2H]C([2H])([2H])Oc1ncc(F)c2nc(S(=O)(=O)Nc3c(F)cccc3F)nn12. The number of para-hydroxylation sites is 1. The summed E-state index contributed by atoms with van der Waals surface area (Å²) in [6.45, 7) is 0. The molecule has 2 heterocycles. The number of rotatable bonds is 4. The van der Waals surface area contributed by atoms with E-state index in [0.717, 1.165) is 18.2 Å². The number of sulfonamides is 1. The molecule has 0 unspecified atom stereocenters. The van der Waals surface area contributed by atoms with Crippen LogP contribution < -0.4 is 9.46 Å². The van der Waals surface area contributed by atoms with Gasteiger partial charge in [0.2, 0.25) is 0 Å². The zero-order chi connectivity index (χ0) is 20.0. The smallest absolute Gasteiger partial charge is 0.319 e. The lowest BCUT2D eigenvalue weighted by Crippen LogP contribution is -2.16. The van der Waals surface area contributed by atoms with E-state index in [1.807, 2.05) is 0 Å². The standard InChI is InChI=1S/C12H8F3N5O3S/c1-23-12-16-5-8(15)10-17-11(18-20(10)12)24(21,22)19-9-6(13)3-2-4-7(9)14/h2-5,19H,1H3/i1D3. The van der Waals surface area contributed by atoms with Gasteiger partial charge in [-0.25, -0.2) is 18.2 Å². The Morgan fingerprint density at radius 1 is 1.25 bits per heavy atom. The second-order valence-corrected chi connectivity index (χ2v) is 5.90. The van der Waals surface area contributed by atoms with E-state index >= 15 is 0 Å². The lowest BCUT2D eigenvalue weighted by molar-refractivity contribution is 0.363. The molecule has 3 rings (SSSR count). The Morgan fingerprint density at radius 2 is 1.96 bits per heavy atom. The van der Waals surface area contributed by atoms with Crippen molar-refractivity contribution in [3.8, 4) is 6.01 Å². The van der Waals surface area contributed by atoms with Gasteiger partial charge in [-0.1, -0.05) is 6.07 Å². The first kappa shape index (κ1) is 12.5. The van der Waals surface area contributed by atoms with Crippen molar-refractivity contribution in [1.82, 2.24) is 19.6 Å². The average molecular weight is 362 g/mol. The van der Waals surface area contributed by atoms with Crippen molar-refractivity contribution in [1.29, 1.82) is 0 Å². The molecule has 0 aliphatic rings. The van der Waals surface area contributed by atoms with Gasteiger partial charge < -0.3 is 4.74 Å². The number of benzene rings is 1. The Bertz CT molecular complexity index is 1120. The number of hydrogen-bond acceptors (Lipinski definition) is 6. The fourth-order valence-corrected chi connectivity index (χ4v) is 2.72. The molecule has 24 heavy (non-hydrogen) atoms. The van der Waals surface area contributed by atoms with Gasteiger partial charge >= 0.3 is 6.01 Å². The number of hydrogen-bond donors (Lipinski definition) is 1. The summed E-state index contributed by atoms with van der Waals surface area (Å²) >= 11 is 0. The summed E-state index contributed by atoms with van der Waals surface area (Å²) in [5.74, 6) is -3.55. The lowest BCUT2D eigenvalue weighted by atomic mass is 10.3. The fraction of sp³-hybridized carbons (Fsp3) is 0.0833. The van der Waals surface area contributed by atoms with Crippen LogP contribution in [0, 0.1) is 17.5 Å². The van der Waals surface area contributed by atoms with Gasteiger partial charge in [-0.15, -0.1) is 5.10 Å². The molecule has 0 radical (unpaired) electrons. The van der Waals surface area contributed by atoms with Crippen molar-refractivity contribution in [2.75, 3.05) is 11.8 Å². The van der Waals surface area contributed by atoms with E-state index < -0.39 is 57.0 Å². The van der Waals surface area contributed by atoms with E-state index in [2.05, 4.69) is 19.8 Å². The number of halogens is 3. The van der Waals surface area contributed by atoms with Gasteiger partial charge in [0.05, 0.1) is 17.3 Å². The van der Waals surface area contributed by atoms with Crippen LogP contribution in [0.1, 0.15) is 4.11 Å². The minimum Gasteiger partial charge on any atom is -0.467 e. The average Bonchev–Trinajstić information content (AvgIpc) is 3.00. The number of anilines is 1. The number of nitrogens with zero attached hydrogens (tertiary/aromatic N) is 4. The van der Waals surface area contributed by atoms with Crippen molar-refractivity contribution >= 4 is 21.4 Å². The number of methoxy groups -OCH3 is 1. The van der Waals surface area contributed by atoms with Crippen molar-refractivity contribution in [3.63, 3.8) is 0 Å². The maximum atomic E-state index is 13.8. The van der Waals surface area contributed by atoms with E-state index in [1.165, 1.54) is 0 Å². The quantitative estimate of drug-likeness (QED) is 0.752. The second-order valence-electron chi connectivity index (χ2n) is 4.32. The summed E-state index contributed by atoms with van der Waals surface area (Å²) in [6, 6.07) is 1.87. The summed E-state index contributed by atoms with van der Waals surface area (Å²) in [7, 11) is -7.75. The number of fused-ring (bicyclic) bond motifs is 1. The minimum absolute atomic E-state index is 0.397. The zero-order valence-corrected chi connectivity index (χ0v) is 12.2. The number of ether oxygens (including phenoxy) is 1. The summed E-state index contributed by atoms with van der Waals surface area (Å²) in [5, 5.41) is 2.33. The van der Waals surface area contributed by atoms with Crippen LogP contribution in [0.15, 0.2) is 29.6 Å². The Kier molecular flexibility index (Phi) is 2.94. The van der Waals surface area contributed by atoms with Gasteiger partial charge in [-0.3, -0.25) is 4.72 Å². The largest absolute Gasteiger partial charge is 0.467 e. The third-order valence-corrected chi connectivity index (χ3v) is 3.93. The molecule has 0 bridgehead atoms. The summed E-state index contributed by atoms with van der Waals surface area (Å²) in [5.41, 5.74) is -1.72. The van der Waals surface area contributed by atoms with Crippen LogP contribution >= 0.6 is 0 Å². The predicted molar refractivity (Wildman–Crippen MR) is 74.5 cm³/mol. The molecule has 126 valence electrons. The highest BCUT2D eigenvalue weighted by Gasteiger charge is 2.26. The van der Waals surface area contributed by atoms with E-state index in [1.54, 1.807) is 4.72 Å². The van der Waals surface area contributed by atoms with E-state index in [-0.39, 0.29) is 0 Å². The molecule has 0 amide bonds. The molecule has 1 N–H and O–H groups in total. The Labute approximate surface area is 137 Å². The van der Waals surface area contributed by atoms with Crippen LogP contribution in [-0.4, -0.2) is 35.0 Å². The topological polar surface area (TPSA) is 98.5 Å². The van der Waals surface area contributed by atoms with Crippen LogP contribution in [0.3, 0.4) is 0 Å². The molecular weight excluding hydrogens is 351 g/mol. The van der Waals surface area contributed by atoms with Crippen LogP contribution in [0.5, 0.6) is 6.01 Å². The maximum Gasteiger partial charge on any atom is 0.319 e.